The third-order valence-corrected chi connectivity index (χ3v) is 5.08. The predicted molar refractivity (Wildman–Crippen MR) is 92.4 cm³/mol. The molecular weight excluding hydrogens is 292 g/mol. The second kappa shape index (κ2) is 6.36. The van der Waals surface area contributed by atoms with Crippen molar-refractivity contribution in [3.05, 3.63) is 57.9 Å². The second-order valence-electron chi connectivity index (χ2n) is 5.50. The van der Waals surface area contributed by atoms with Crippen molar-refractivity contribution in [3.8, 4) is 0 Å². The smallest absolute Gasteiger partial charge is 0.224 e. The largest absolute Gasteiger partial charge is 0.355 e. The number of nitrogens with zero attached hydrogens (tertiary/aromatic N) is 1. The molecule has 3 rings (SSSR count). The maximum Gasteiger partial charge on any atom is 0.224 e. The summed E-state index contributed by atoms with van der Waals surface area (Å²) >= 11 is 1.73. The predicted octanol–water partition coefficient (Wildman–Crippen LogP) is 3.45. The van der Waals surface area contributed by atoms with Gasteiger partial charge in [-0.05, 0) is 36.4 Å². The van der Waals surface area contributed by atoms with Crippen LogP contribution in [0.15, 0.2) is 41.8 Å². The first-order chi connectivity index (χ1) is 10.7. The zero-order valence-corrected chi connectivity index (χ0v) is 13.7. The number of rotatable bonds is 5. The van der Waals surface area contributed by atoms with E-state index in [4.69, 9.17) is 0 Å². The van der Waals surface area contributed by atoms with E-state index in [0.717, 1.165) is 17.7 Å². The molecule has 22 heavy (non-hydrogen) atoms. The Hall–Kier alpha value is -2.07. The first-order valence-electron chi connectivity index (χ1n) is 7.49. The van der Waals surface area contributed by atoms with E-state index in [-0.39, 0.29) is 5.91 Å². The summed E-state index contributed by atoms with van der Waals surface area (Å²) in [6, 6.07) is 12.4. The zero-order valence-electron chi connectivity index (χ0n) is 12.9. The SMILES string of the molecule is Cc1c(CC(=O)NCCc2cccs2)c2ccccc2n1C. The van der Waals surface area contributed by atoms with Gasteiger partial charge in [-0.2, -0.15) is 0 Å². The number of para-hydroxylation sites is 1. The standard InChI is InChI=1S/C18H20N2OS/c1-13-16(15-7-3-4-8-17(15)20(13)2)12-18(21)19-10-9-14-6-5-11-22-14/h3-8,11H,9-10,12H2,1-2H3,(H,19,21). The van der Waals surface area contributed by atoms with Crippen LogP contribution in [0.5, 0.6) is 0 Å². The van der Waals surface area contributed by atoms with Crippen LogP contribution in [0.2, 0.25) is 0 Å². The molecule has 0 aliphatic heterocycles. The fourth-order valence-corrected chi connectivity index (χ4v) is 3.53. The highest BCUT2D eigenvalue weighted by Crippen LogP contribution is 2.25. The second-order valence-corrected chi connectivity index (χ2v) is 6.53. The van der Waals surface area contributed by atoms with Gasteiger partial charge in [-0.1, -0.05) is 24.3 Å². The van der Waals surface area contributed by atoms with E-state index in [9.17, 15) is 4.79 Å². The summed E-state index contributed by atoms with van der Waals surface area (Å²) in [7, 11) is 2.05. The zero-order chi connectivity index (χ0) is 15.5. The summed E-state index contributed by atoms with van der Waals surface area (Å²) in [5.74, 6) is 0.0935. The van der Waals surface area contributed by atoms with Crippen LogP contribution < -0.4 is 5.32 Å². The lowest BCUT2D eigenvalue weighted by Gasteiger charge is -2.05. The number of aryl methyl sites for hydroxylation is 1. The van der Waals surface area contributed by atoms with Crippen LogP contribution in [0.4, 0.5) is 0 Å². The molecule has 1 N–H and O–H groups in total. The van der Waals surface area contributed by atoms with Gasteiger partial charge in [-0.15, -0.1) is 11.3 Å². The Bertz CT molecular complexity index is 787. The van der Waals surface area contributed by atoms with E-state index in [0.29, 0.717) is 13.0 Å². The maximum absolute atomic E-state index is 12.2. The van der Waals surface area contributed by atoms with Crippen molar-refractivity contribution in [1.29, 1.82) is 0 Å². The molecule has 0 unspecified atom stereocenters. The molecule has 3 aromatic rings. The number of nitrogens with one attached hydrogen (secondary N) is 1. The molecule has 1 aromatic carbocycles. The number of hydrogen-bond donors (Lipinski definition) is 1. The average Bonchev–Trinajstić information content (AvgIpc) is 3.11. The van der Waals surface area contributed by atoms with E-state index in [2.05, 4.69) is 47.4 Å². The maximum atomic E-state index is 12.2. The van der Waals surface area contributed by atoms with E-state index in [1.807, 2.05) is 18.2 Å². The Kier molecular flexibility index (Phi) is 4.29. The number of carbonyl (C=O) groups excluding carboxylic acids is 1. The van der Waals surface area contributed by atoms with Crippen LogP contribution in [0, 0.1) is 6.92 Å². The van der Waals surface area contributed by atoms with Gasteiger partial charge >= 0.3 is 0 Å². The van der Waals surface area contributed by atoms with Crippen LogP contribution in [0.1, 0.15) is 16.1 Å². The van der Waals surface area contributed by atoms with Crippen molar-refractivity contribution in [3.63, 3.8) is 0 Å². The number of thiophene rings is 1. The molecule has 2 heterocycles. The third kappa shape index (κ3) is 2.92. The molecule has 0 bridgehead atoms. The summed E-state index contributed by atoms with van der Waals surface area (Å²) in [5, 5.41) is 6.27. The molecule has 114 valence electrons. The van der Waals surface area contributed by atoms with Gasteiger partial charge in [0.1, 0.15) is 0 Å². The molecule has 4 heteroatoms. The molecule has 0 fully saturated rings. The van der Waals surface area contributed by atoms with Gasteiger partial charge < -0.3 is 9.88 Å². The Morgan fingerprint density at radius 1 is 1.23 bits per heavy atom. The Morgan fingerprint density at radius 2 is 2.05 bits per heavy atom. The lowest BCUT2D eigenvalue weighted by atomic mass is 10.1. The van der Waals surface area contributed by atoms with Crippen LogP contribution >= 0.6 is 11.3 Å². The molecule has 0 saturated carbocycles. The third-order valence-electron chi connectivity index (χ3n) is 4.14. The number of benzene rings is 1. The molecule has 0 saturated heterocycles. The monoisotopic (exact) mass is 312 g/mol. The van der Waals surface area contributed by atoms with Crippen molar-refractivity contribution in [1.82, 2.24) is 9.88 Å². The van der Waals surface area contributed by atoms with Crippen molar-refractivity contribution in [2.75, 3.05) is 6.54 Å². The molecule has 0 atom stereocenters. The van der Waals surface area contributed by atoms with Gasteiger partial charge in [-0.25, -0.2) is 0 Å². The molecule has 3 nitrogen and oxygen atoms in total. The van der Waals surface area contributed by atoms with Crippen LogP contribution in [-0.2, 0) is 24.7 Å². The molecule has 0 radical (unpaired) electrons. The molecule has 0 spiro atoms. The van der Waals surface area contributed by atoms with E-state index >= 15 is 0 Å². The normalized spacial score (nSPS) is 11.0. The molecule has 0 aliphatic rings. The van der Waals surface area contributed by atoms with Gasteiger partial charge in [0.15, 0.2) is 0 Å². The van der Waals surface area contributed by atoms with E-state index in [1.165, 1.54) is 15.8 Å². The summed E-state index contributed by atoms with van der Waals surface area (Å²) in [6.45, 7) is 2.78. The number of aromatic nitrogens is 1. The topological polar surface area (TPSA) is 34.0 Å². The fourth-order valence-electron chi connectivity index (χ4n) is 2.83. The summed E-state index contributed by atoms with van der Waals surface area (Å²) in [6.07, 6.45) is 1.34. The van der Waals surface area contributed by atoms with E-state index in [1.54, 1.807) is 11.3 Å². The van der Waals surface area contributed by atoms with Gasteiger partial charge in [0, 0.05) is 35.1 Å². The Labute approximate surface area is 134 Å². The minimum Gasteiger partial charge on any atom is -0.355 e. The lowest BCUT2D eigenvalue weighted by Crippen LogP contribution is -2.27. The van der Waals surface area contributed by atoms with Gasteiger partial charge in [0.2, 0.25) is 5.91 Å². The molecule has 1 amide bonds. The average molecular weight is 312 g/mol. The van der Waals surface area contributed by atoms with Gasteiger partial charge in [0.25, 0.3) is 0 Å². The highest BCUT2D eigenvalue weighted by atomic mass is 32.1. The molecule has 2 aromatic heterocycles. The lowest BCUT2D eigenvalue weighted by molar-refractivity contribution is -0.120. The van der Waals surface area contributed by atoms with Gasteiger partial charge in [-0.3, -0.25) is 4.79 Å². The van der Waals surface area contributed by atoms with Crippen molar-refractivity contribution < 1.29 is 4.79 Å². The number of amides is 1. The number of carbonyl (C=O) groups is 1. The van der Waals surface area contributed by atoms with Crippen LogP contribution in [0.25, 0.3) is 10.9 Å². The molecular formula is C18H20N2OS. The quantitative estimate of drug-likeness (QED) is 0.769. The summed E-state index contributed by atoms with van der Waals surface area (Å²) < 4.78 is 2.16. The highest BCUT2D eigenvalue weighted by molar-refractivity contribution is 7.09. The molecule has 0 aliphatic carbocycles. The first-order valence-corrected chi connectivity index (χ1v) is 8.36. The number of fused-ring (bicyclic) bond motifs is 1. The Morgan fingerprint density at radius 3 is 2.82 bits per heavy atom. The van der Waals surface area contributed by atoms with E-state index < -0.39 is 0 Å². The first kappa shape index (κ1) is 14.9. The van der Waals surface area contributed by atoms with Crippen molar-refractivity contribution in [2.24, 2.45) is 7.05 Å². The van der Waals surface area contributed by atoms with Crippen LogP contribution in [0.3, 0.4) is 0 Å². The minimum atomic E-state index is 0.0935. The Balaban J connectivity index is 1.68. The van der Waals surface area contributed by atoms with Crippen molar-refractivity contribution >= 4 is 28.1 Å². The highest BCUT2D eigenvalue weighted by Gasteiger charge is 2.14. The van der Waals surface area contributed by atoms with Crippen LogP contribution in [-0.4, -0.2) is 17.0 Å². The minimum absolute atomic E-state index is 0.0935. The van der Waals surface area contributed by atoms with Crippen molar-refractivity contribution in [2.45, 2.75) is 19.8 Å². The fraction of sp³-hybridized carbons (Fsp3) is 0.278. The number of hydrogen-bond acceptors (Lipinski definition) is 2. The summed E-state index contributed by atoms with van der Waals surface area (Å²) in [5.41, 5.74) is 3.47. The van der Waals surface area contributed by atoms with Gasteiger partial charge in [0.05, 0.1) is 6.42 Å². The summed E-state index contributed by atoms with van der Waals surface area (Å²) in [4.78, 5) is 13.5.